The Labute approximate surface area is 129 Å². The van der Waals surface area contributed by atoms with Crippen molar-refractivity contribution in [2.24, 2.45) is 0 Å². The fourth-order valence-corrected chi connectivity index (χ4v) is 1.74. The number of halogens is 3. The van der Waals surface area contributed by atoms with Gasteiger partial charge in [0.2, 0.25) is 0 Å². The molecular formula is C16H12F3NO3. The zero-order valence-electron chi connectivity index (χ0n) is 12.0. The molecule has 1 N–H and O–H groups in total. The highest BCUT2D eigenvalue weighted by atomic mass is 19.2. The number of hydrogen-bond acceptors (Lipinski definition) is 3. The Kier molecular flexibility index (Phi) is 5.00. The number of carbonyl (C=O) groups excluding carboxylic acids is 2. The zero-order chi connectivity index (χ0) is 17.0. The van der Waals surface area contributed by atoms with E-state index in [-0.39, 0.29) is 5.78 Å². The van der Waals surface area contributed by atoms with Crippen LogP contribution in [-0.2, 0) is 4.79 Å². The molecule has 0 aliphatic heterocycles. The number of amides is 1. The Balaban J connectivity index is 1.95. The third-order valence-corrected chi connectivity index (χ3v) is 2.94. The first-order valence-corrected chi connectivity index (χ1v) is 6.55. The van der Waals surface area contributed by atoms with Crippen LogP contribution in [0.5, 0.6) is 5.75 Å². The Morgan fingerprint density at radius 1 is 1.00 bits per heavy atom. The summed E-state index contributed by atoms with van der Waals surface area (Å²) in [6, 6.07) is 7.68. The van der Waals surface area contributed by atoms with Crippen molar-refractivity contribution < 1.29 is 27.5 Å². The van der Waals surface area contributed by atoms with Gasteiger partial charge in [-0.1, -0.05) is 0 Å². The second kappa shape index (κ2) is 6.95. The van der Waals surface area contributed by atoms with Crippen molar-refractivity contribution in [2.45, 2.75) is 6.92 Å². The van der Waals surface area contributed by atoms with E-state index in [4.69, 9.17) is 4.74 Å². The first kappa shape index (κ1) is 16.5. The molecule has 23 heavy (non-hydrogen) atoms. The molecule has 0 spiro atoms. The Bertz CT molecular complexity index is 745. The molecule has 0 aliphatic carbocycles. The average molecular weight is 323 g/mol. The van der Waals surface area contributed by atoms with Crippen molar-refractivity contribution in [1.82, 2.24) is 0 Å². The summed E-state index contributed by atoms with van der Waals surface area (Å²) in [5, 5.41) is 2.08. The average Bonchev–Trinajstić information content (AvgIpc) is 2.54. The molecule has 0 unspecified atom stereocenters. The predicted molar refractivity (Wildman–Crippen MR) is 76.9 cm³/mol. The van der Waals surface area contributed by atoms with Gasteiger partial charge in [-0.25, -0.2) is 13.2 Å². The molecule has 0 aliphatic rings. The quantitative estimate of drug-likeness (QED) is 0.678. The van der Waals surface area contributed by atoms with E-state index in [1.165, 1.54) is 31.2 Å². The molecule has 2 aromatic rings. The van der Waals surface area contributed by atoms with E-state index >= 15 is 0 Å². The van der Waals surface area contributed by atoms with Crippen molar-refractivity contribution in [1.29, 1.82) is 0 Å². The predicted octanol–water partition coefficient (Wildman–Crippen LogP) is 3.32. The minimum Gasteiger partial charge on any atom is -0.484 e. The van der Waals surface area contributed by atoms with Gasteiger partial charge in [-0.3, -0.25) is 9.59 Å². The van der Waals surface area contributed by atoms with Crippen molar-refractivity contribution in [3.05, 3.63) is 59.4 Å². The Morgan fingerprint density at radius 3 is 2.26 bits per heavy atom. The summed E-state index contributed by atoms with van der Waals surface area (Å²) < 4.78 is 44.4. The highest BCUT2D eigenvalue weighted by molar-refractivity contribution is 5.94. The molecule has 0 fully saturated rings. The molecule has 0 bridgehead atoms. The summed E-state index contributed by atoms with van der Waals surface area (Å²) in [6.07, 6.45) is 0. The van der Waals surface area contributed by atoms with E-state index in [9.17, 15) is 22.8 Å². The highest BCUT2D eigenvalue weighted by Crippen LogP contribution is 2.19. The molecule has 2 rings (SSSR count). The van der Waals surface area contributed by atoms with Gasteiger partial charge in [-0.15, -0.1) is 0 Å². The zero-order valence-corrected chi connectivity index (χ0v) is 12.0. The Morgan fingerprint density at radius 2 is 1.65 bits per heavy atom. The second-order valence-electron chi connectivity index (χ2n) is 4.64. The molecule has 1 amide bonds. The maximum atomic E-state index is 13.4. The van der Waals surface area contributed by atoms with Crippen molar-refractivity contribution in [3.8, 4) is 5.75 Å². The first-order chi connectivity index (χ1) is 10.9. The van der Waals surface area contributed by atoms with Gasteiger partial charge in [0.1, 0.15) is 5.75 Å². The summed E-state index contributed by atoms with van der Waals surface area (Å²) in [5.74, 6) is -5.01. The lowest BCUT2D eigenvalue weighted by Crippen LogP contribution is -2.21. The van der Waals surface area contributed by atoms with Crippen LogP contribution in [0.3, 0.4) is 0 Å². The van der Waals surface area contributed by atoms with Crippen LogP contribution >= 0.6 is 0 Å². The molecule has 7 heteroatoms. The number of carbonyl (C=O) groups is 2. The minimum absolute atomic E-state index is 0.108. The maximum Gasteiger partial charge on any atom is 0.262 e. The van der Waals surface area contributed by atoms with Gasteiger partial charge >= 0.3 is 0 Å². The van der Waals surface area contributed by atoms with Crippen LogP contribution in [0.4, 0.5) is 18.9 Å². The largest absolute Gasteiger partial charge is 0.484 e. The fraction of sp³-hybridized carbons (Fsp3) is 0.125. The van der Waals surface area contributed by atoms with E-state index in [0.717, 1.165) is 6.07 Å². The molecule has 2 aromatic carbocycles. The highest BCUT2D eigenvalue weighted by Gasteiger charge is 2.15. The fourth-order valence-electron chi connectivity index (χ4n) is 1.74. The first-order valence-electron chi connectivity index (χ1n) is 6.55. The molecular weight excluding hydrogens is 311 g/mol. The summed E-state index contributed by atoms with van der Waals surface area (Å²) in [4.78, 5) is 22.7. The summed E-state index contributed by atoms with van der Waals surface area (Å²) in [6.45, 7) is 0.956. The lowest BCUT2D eigenvalue weighted by Gasteiger charge is -2.09. The molecule has 0 saturated carbocycles. The van der Waals surface area contributed by atoms with E-state index in [0.29, 0.717) is 17.4 Å². The number of hydrogen-bond donors (Lipinski definition) is 1. The van der Waals surface area contributed by atoms with Crippen LogP contribution in [0, 0.1) is 17.5 Å². The maximum absolute atomic E-state index is 13.4. The van der Waals surface area contributed by atoms with E-state index in [1.54, 1.807) is 0 Å². The van der Waals surface area contributed by atoms with Gasteiger partial charge in [0, 0.05) is 5.56 Å². The third-order valence-electron chi connectivity index (χ3n) is 2.94. The summed E-state index contributed by atoms with van der Waals surface area (Å²) in [7, 11) is 0. The van der Waals surface area contributed by atoms with Gasteiger partial charge < -0.3 is 10.1 Å². The van der Waals surface area contributed by atoms with Gasteiger partial charge in [0.05, 0.1) is 5.69 Å². The van der Waals surface area contributed by atoms with Gasteiger partial charge in [-0.2, -0.15) is 0 Å². The molecule has 0 aromatic heterocycles. The van der Waals surface area contributed by atoms with Crippen LogP contribution in [0.2, 0.25) is 0 Å². The number of Topliss-reactive ketones (excluding diaryl/α,β-unsaturated/α-hetero) is 1. The summed E-state index contributed by atoms with van der Waals surface area (Å²) >= 11 is 0. The lowest BCUT2D eigenvalue weighted by molar-refractivity contribution is -0.118. The number of anilines is 1. The van der Waals surface area contributed by atoms with Crippen molar-refractivity contribution in [2.75, 3.05) is 11.9 Å². The van der Waals surface area contributed by atoms with Crippen molar-refractivity contribution in [3.63, 3.8) is 0 Å². The van der Waals surface area contributed by atoms with Gasteiger partial charge in [-0.05, 0) is 43.3 Å². The Hall–Kier alpha value is -2.83. The third kappa shape index (κ3) is 4.09. The number of benzene rings is 2. The van der Waals surface area contributed by atoms with E-state index in [1.807, 2.05) is 0 Å². The minimum atomic E-state index is -1.66. The SMILES string of the molecule is CC(=O)c1ccc(OCC(=O)Nc2ccc(F)c(F)c2F)cc1. The van der Waals surface area contributed by atoms with E-state index < -0.39 is 35.7 Å². The molecule has 0 atom stereocenters. The summed E-state index contributed by atoms with van der Waals surface area (Å²) in [5.41, 5.74) is 0.00934. The smallest absolute Gasteiger partial charge is 0.262 e. The molecule has 0 radical (unpaired) electrons. The second-order valence-corrected chi connectivity index (χ2v) is 4.64. The monoisotopic (exact) mass is 323 g/mol. The van der Waals surface area contributed by atoms with Crippen LogP contribution in [0.15, 0.2) is 36.4 Å². The normalized spacial score (nSPS) is 10.3. The van der Waals surface area contributed by atoms with Gasteiger partial charge in [0.15, 0.2) is 29.8 Å². The molecule has 4 nitrogen and oxygen atoms in total. The van der Waals surface area contributed by atoms with Gasteiger partial charge in [0.25, 0.3) is 5.91 Å². The topological polar surface area (TPSA) is 55.4 Å². The molecule has 0 heterocycles. The lowest BCUT2D eigenvalue weighted by atomic mass is 10.1. The molecule has 0 saturated heterocycles. The number of rotatable bonds is 5. The molecule has 120 valence electrons. The van der Waals surface area contributed by atoms with Crippen LogP contribution in [0.1, 0.15) is 17.3 Å². The van der Waals surface area contributed by atoms with E-state index in [2.05, 4.69) is 5.32 Å². The number of ketones is 1. The number of ether oxygens (including phenoxy) is 1. The van der Waals surface area contributed by atoms with Crippen molar-refractivity contribution >= 4 is 17.4 Å². The van der Waals surface area contributed by atoms with Crippen LogP contribution in [0.25, 0.3) is 0 Å². The van der Waals surface area contributed by atoms with Crippen LogP contribution < -0.4 is 10.1 Å². The van der Waals surface area contributed by atoms with Crippen LogP contribution in [-0.4, -0.2) is 18.3 Å². The standard InChI is InChI=1S/C16H12F3NO3/c1-9(21)10-2-4-11(5-3-10)23-8-14(22)20-13-7-6-12(17)15(18)16(13)19/h2-7H,8H2,1H3,(H,20,22). The number of nitrogens with one attached hydrogen (secondary N) is 1.